The van der Waals surface area contributed by atoms with Crippen molar-refractivity contribution < 1.29 is 9.90 Å². The largest absolute Gasteiger partial charge is 0.480 e. The van der Waals surface area contributed by atoms with Crippen LogP contribution in [-0.2, 0) is 4.79 Å². The van der Waals surface area contributed by atoms with Gasteiger partial charge in [0, 0.05) is 6.54 Å². The van der Waals surface area contributed by atoms with Gasteiger partial charge in [-0.1, -0.05) is 13.8 Å². The van der Waals surface area contributed by atoms with Crippen molar-refractivity contribution in [2.45, 2.75) is 39.2 Å². The standard InChI is InChI=1S/C12H24N2O2/c1-11(2)5-7-14(8-6-11)9-12(3,13-4)10(15)16/h13H,5-9H2,1-4H3,(H,15,16). The highest BCUT2D eigenvalue weighted by molar-refractivity contribution is 5.78. The van der Waals surface area contributed by atoms with Gasteiger partial charge in [-0.25, -0.2) is 0 Å². The van der Waals surface area contributed by atoms with E-state index < -0.39 is 11.5 Å². The van der Waals surface area contributed by atoms with E-state index in [4.69, 9.17) is 0 Å². The zero-order valence-electron chi connectivity index (χ0n) is 10.8. The Labute approximate surface area is 98.0 Å². The van der Waals surface area contributed by atoms with E-state index in [2.05, 4.69) is 24.1 Å². The van der Waals surface area contributed by atoms with E-state index in [0.717, 1.165) is 25.9 Å². The molecular formula is C12H24N2O2. The first-order valence-electron chi connectivity index (χ1n) is 5.94. The van der Waals surface area contributed by atoms with Gasteiger partial charge in [-0.3, -0.25) is 4.79 Å². The summed E-state index contributed by atoms with van der Waals surface area (Å²) >= 11 is 0. The van der Waals surface area contributed by atoms with Gasteiger partial charge in [-0.2, -0.15) is 0 Å². The van der Waals surface area contributed by atoms with Crippen molar-refractivity contribution in [1.29, 1.82) is 0 Å². The van der Waals surface area contributed by atoms with Gasteiger partial charge in [-0.15, -0.1) is 0 Å². The Morgan fingerprint density at radius 3 is 2.31 bits per heavy atom. The van der Waals surface area contributed by atoms with Crippen LogP contribution in [-0.4, -0.2) is 48.2 Å². The van der Waals surface area contributed by atoms with E-state index in [1.807, 2.05) is 0 Å². The number of likely N-dealkylation sites (tertiary alicyclic amines) is 1. The lowest BCUT2D eigenvalue weighted by molar-refractivity contribution is -0.145. The lowest BCUT2D eigenvalue weighted by atomic mass is 9.82. The molecule has 0 radical (unpaired) electrons. The molecule has 0 bridgehead atoms. The molecule has 0 saturated carbocycles. The van der Waals surface area contributed by atoms with Gasteiger partial charge in [-0.05, 0) is 45.3 Å². The normalized spacial score (nSPS) is 25.0. The molecule has 4 heteroatoms. The molecule has 0 aromatic carbocycles. The molecule has 0 aromatic heterocycles. The quantitative estimate of drug-likeness (QED) is 0.758. The second-order valence-corrected chi connectivity index (χ2v) is 5.83. The molecule has 1 heterocycles. The molecule has 0 aromatic rings. The first-order chi connectivity index (χ1) is 7.29. The first-order valence-corrected chi connectivity index (χ1v) is 5.94. The smallest absolute Gasteiger partial charge is 0.324 e. The average molecular weight is 228 g/mol. The molecule has 16 heavy (non-hydrogen) atoms. The minimum atomic E-state index is -0.832. The van der Waals surface area contributed by atoms with E-state index in [1.54, 1.807) is 14.0 Å². The van der Waals surface area contributed by atoms with Crippen molar-refractivity contribution in [2.24, 2.45) is 5.41 Å². The second-order valence-electron chi connectivity index (χ2n) is 5.83. The van der Waals surface area contributed by atoms with Crippen LogP contribution in [0, 0.1) is 5.41 Å². The SMILES string of the molecule is CNC(C)(CN1CCC(C)(C)CC1)C(=O)O. The van der Waals surface area contributed by atoms with Gasteiger partial charge in [0.25, 0.3) is 0 Å². The number of aliphatic carboxylic acids is 1. The monoisotopic (exact) mass is 228 g/mol. The number of hydrogen-bond acceptors (Lipinski definition) is 3. The summed E-state index contributed by atoms with van der Waals surface area (Å²) in [6.45, 7) is 8.87. The van der Waals surface area contributed by atoms with Gasteiger partial charge in [0.05, 0.1) is 0 Å². The van der Waals surface area contributed by atoms with Crippen molar-refractivity contribution in [3.63, 3.8) is 0 Å². The average Bonchev–Trinajstić information content (AvgIpc) is 2.21. The summed E-state index contributed by atoms with van der Waals surface area (Å²) in [7, 11) is 1.71. The Morgan fingerprint density at radius 1 is 1.44 bits per heavy atom. The Bertz CT molecular complexity index is 256. The number of nitrogens with zero attached hydrogens (tertiary/aromatic N) is 1. The van der Waals surface area contributed by atoms with Gasteiger partial charge >= 0.3 is 5.97 Å². The van der Waals surface area contributed by atoms with Crippen LogP contribution in [0.3, 0.4) is 0 Å². The number of rotatable bonds is 4. The van der Waals surface area contributed by atoms with Crippen LogP contribution in [0.25, 0.3) is 0 Å². The van der Waals surface area contributed by atoms with Gasteiger partial charge < -0.3 is 15.3 Å². The van der Waals surface area contributed by atoms with Gasteiger partial charge in [0.2, 0.25) is 0 Å². The van der Waals surface area contributed by atoms with Gasteiger partial charge in [0.1, 0.15) is 5.54 Å². The summed E-state index contributed by atoms with van der Waals surface area (Å²) in [6, 6.07) is 0. The van der Waals surface area contributed by atoms with Crippen LogP contribution < -0.4 is 5.32 Å². The number of hydrogen-bond donors (Lipinski definition) is 2. The third-order valence-electron chi connectivity index (χ3n) is 3.77. The Balaban J connectivity index is 2.53. The Kier molecular flexibility index (Phi) is 3.97. The van der Waals surface area contributed by atoms with E-state index in [-0.39, 0.29) is 0 Å². The van der Waals surface area contributed by atoms with Crippen molar-refractivity contribution in [2.75, 3.05) is 26.7 Å². The van der Waals surface area contributed by atoms with Crippen molar-refractivity contribution >= 4 is 5.97 Å². The van der Waals surface area contributed by atoms with Crippen LogP contribution >= 0.6 is 0 Å². The highest BCUT2D eigenvalue weighted by atomic mass is 16.4. The topological polar surface area (TPSA) is 52.6 Å². The van der Waals surface area contributed by atoms with Crippen LogP contribution in [0.5, 0.6) is 0 Å². The molecule has 1 fully saturated rings. The Hall–Kier alpha value is -0.610. The summed E-state index contributed by atoms with van der Waals surface area (Å²) in [4.78, 5) is 13.4. The zero-order chi connectivity index (χ0) is 12.4. The lowest BCUT2D eigenvalue weighted by Gasteiger charge is -2.40. The van der Waals surface area contributed by atoms with E-state index in [9.17, 15) is 9.90 Å². The molecule has 1 aliphatic heterocycles. The highest BCUT2D eigenvalue weighted by Gasteiger charge is 2.35. The summed E-state index contributed by atoms with van der Waals surface area (Å²) in [5.41, 5.74) is -0.419. The molecule has 0 amide bonds. The fourth-order valence-electron chi connectivity index (χ4n) is 2.02. The van der Waals surface area contributed by atoms with Crippen molar-refractivity contribution in [1.82, 2.24) is 10.2 Å². The van der Waals surface area contributed by atoms with Crippen LogP contribution in [0.1, 0.15) is 33.6 Å². The molecule has 2 N–H and O–H groups in total. The summed E-state index contributed by atoms with van der Waals surface area (Å²) < 4.78 is 0. The van der Waals surface area contributed by atoms with Gasteiger partial charge in [0.15, 0.2) is 0 Å². The maximum atomic E-state index is 11.2. The molecule has 0 aliphatic carbocycles. The zero-order valence-corrected chi connectivity index (χ0v) is 10.8. The molecule has 1 atom stereocenters. The van der Waals surface area contributed by atoms with Crippen LogP contribution in [0.15, 0.2) is 0 Å². The lowest BCUT2D eigenvalue weighted by Crippen LogP contribution is -2.57. The van der Waals surface area contributed by atoms with E-state index >= 15 is 0 Å². The minimum absolute atomic E-state index is 0.412. The minimum Gasteiger partial charge on any atom is -0.480 e. The number of likely N-dealkylation sites (N-methyl/N-ethyl adjacent to an activating group) is 1. The molecular weight excluding hydrogens is 204 g/mol. The first kappa shape index (κ1) is 13.5. The maximum Gasteiger partial charge on any atom is 0.324 e. The summed E-state index contributed by atoms with van der Waals surface area (Å²) in [5.74, 6) is -0.778. The summed E-state index contributed by atoms with van der Waals surface area (Å²) in [6.07, 6.45) is 2.29. The third-order valence-corrected chi connectivity index (χ3v) is 3.77. The predicted molar refractivity (Wildman–Crippen MR) is 64.6 cm³/mol. The van der Waals surface area contributed by atoms with Crippen LogP contribution in [0.2, 0.25) is 0 Å². The number of carbonyl (C=O) groups is 1. The second kappa shape index (κ2) is 4.72. The summed E-state index contributed by atoms with van der Waals surface area (Å²) in [5, 5.41) is 12.1. The fourth-order valence-corrected chi connectivity index (χ4v) is 2.02. The third kappa shape index (κ3) is 3.19. The molecule has 1 saturated heterocycles. The molecule has 1 aliphatic rings. The highest BCUT2D eigenvalue weighted by Crippen LogP contribution is 2.30. The Morgan fingerprint density at radius 2 is 1.94 bits per heavy atom. The molecule has 1 unspecified atom stereocenters. The fraction of sp³-hybridized carbons (Fsp3) is 0.917. The molecule has 4 nitrogen and oxygen atoms in total. The van der Waals surface area contributed by atoms with E-state index in [0.29, 0.717) is 12.0 Å². The maximum absolute atomic E-state index is 11.2. The molecule has 0 spiro atoms. The number of nitrogens with one attached hydrogen (secondary N) is 1. The number of carboxylic acids is 1. The van der Waals surface area contributed by atoms with Crippen molar-refractivity contribution in [3.8, 4) is 0 Å². The van der Waals surface area contributed by atoms with Crippen LogP contribution in [0.4, 0.5) is 0 Å². The molecule has 94 valence electrons. The van der Waals surface area contributed by atoms with E-state index in [1.165, 1.54) is 0 Å². The number of piperidine rings is 1. The van der Waals surface area contributed by atoms with Crippen molar-refractivity contribution in [3.05, 3.63) is 0 Å². The number of carboxylic acid groups (broad SMARTS) is 1. The predicted octanol–water partition coefficient (Wildman–Crippen LogP) is 1.17. The molecule has 1 rings (SSSR count).